The summed E-state index contributed by atoms with van der Waals surface area (Å²) >= 11 is 6.29. The summed E-state index contributed by atoms with van der Waals surface area (Å²) in [6.07, 6.45) is 10.7. The van der Waals surface area contributed by atoms with Crippen molar-refractivity contribution in [2.45, 2.75) is 52.4 Å². The molecule has 0 bridgehead atoms. The van der Waals surface area contributed by atoms with Gasteiger partial charge in [-0.15, -0.1) is 0 Å². The zero-order valence-electron chi connectivity index (χ0n) is 14.0. The number of ether oxygens (including phenoxy) is 1. The van der Waals surface area contributed by atoms with E-state index in [0.29, 0.717) is 17.5 Å². The van der Waals surface area contributed by atoms with Crippen LogP contribution in [-0.2, 0) is 6.42 Å². The number of benzene rings is 1. The monoisotopic (exact) mass is 332 g/mol. The Morgan fingerprint density at radius 3 is 2.39 bits per heavy atom. The summed E-state index contributed by atoms with van der Waals surface area (Å²) in [5, 5.41) is 0.606. The molecule has 0 unspecified atom stereocenters. The first-order chi connectivity index (χ1) is 11.2. The molecule has 0 aliphatic rings. The van der Waals surface area contributed by atoms with Crippen LogP contribution in [0.1, 0.15) is 51.5 Å². The predicted molar refractivity (Wildman–Crippen MR) is 96.1 cm³/mol. The summed E-state index contributed by atoms with van der Waals surface area (Å²) in [4.78, 5) is 8.93. The van der Waals surface area contributed by atoms with Gasteiger partial charge in [0, 0.05) is 18.0 Å². The minimum absolute atomic E-state index is 0.606. The van der Waals surface area contributed by atoms with Crippen LogP contribution < -0.4 is 4.74 Å². The van der Waals surface area contributed by atoms with Gasteiger partial charge in [-0.25, -0.2) is 9.97 Å². The smallest absolute Gasteiger partial charge is 0.159 e. The van der Waals surface area contributed by atoms with Crippen LogP contribution in [0.25, 0.3) is 11.4 Å². The molecule has 2 aromatic rings. The van der Waals surface area contributed by atoms with Crippen LogP contribution >= 0.6 is 11.6 Å². The Kier molecular flexibility index (Phi) is 7.34. The number of unbranched alkanes of at least 4 members (excludes halogenated alkanes) is 3. The van der Waals surface area contributed by atoms with Crippen LogP contribution in [0.2, 0.25) is 5.02 Å². The molecule has 4 heteroatoms. The average Bonchev–Trinajstić information content (AvgIpc) is 2.57. The van der Waals surface area contributed by atoms with Gasteiger partial charge in [-0.2, -0.15) is 0 Å². The number of aromatic nitrogens is 2. The van der Waals surface area contributed by atoms with Crippen LogP contribution in [0.5, 0.6) is 5.75 Å². The van der Waals surface area contributed by atoms with E-state index < -0.39 is 0 Å². The highest BCUT2D eigenvalue weighted by molar-refractivity contribution is 6.32. The van der Waals surface area contributed by atoms with E-state index in [0.717, 1.165) is 30.6 Å². The van der Waals surface area contributed by atoms with Crippen molar-refractivity contribution in [3.8, 4) is 17.1 Å². The molecule has 0 N–H and O–H groups in total. The number of rotatable bonds is 9. The summed E-state index contributed by atoms with van der Waals surface area (Å²) in [7, 11) is 0. The standard InChI is InChI=1S/C19H25ClN2O/c1-3-5-7-8-15-13-21-19(22-14-15)16-9-10-18(17(20)12-16)23-11-6-4-2/h9-10,12-14H,3-8,11H2,1-2H3. The van der Waals surface area contributed by atoms with E-state index >= 15 is 0 Å². The first-order valence-corrected chi connectivity index (χ1v) is 8.86. The van der Waals surface area contributed by atoms with E-state index in [9.17, 15) is 0 Å². The summed E-state index contributed by atoms with van der Waals surface area (Å²) in [5.41, 5.74) is 2.10. The Morgan fingerprint density at radius 2 is 1.74 bits per heavy atom. The topological polar surface area (TPSA) is 35.0 Å². The molecule has 0 saturated heterocycles. The molecule has 0 amide bonds. The van der Waals surface area contributed by atoms with Gasteiger partial charge in [0.2, 0.25) is 0 Å². The molecule has 0 spiro atoms. The molecule has 0 aliphatic carbocycles. The van der Waals surface area contributed by atoms with Crippen LogP contribution in [0.15, 0.2) is 30.6 Å². The Bertz CT molecular complexity index is 599. The number of hydrogen-bond acceptors (Lipinski definition) is 3. The summed E-state index contributed by atoms with van der Waals surface area (Å²) in [6, 6.07) is 5.72. The second kappa shape index (κ2) is 9.51. The van der Waals surface area contributed by atoms with Crippen LogP contribution in [-0.4, -0.2) is 16.6 Å². The van der Waals surface area contributed by atoms with Crippen molar-refractivity contribution in [3.05, 3.63) is 41.2 Å². The summed E-state index contributed by atoms with van der Waals surface area (Å²) in [6.45, 7) is 5.04. The first-order valence-electron chi connectivity index (χ1n) is 8.48. The van der Waals surface area contributed by atoms with Gasteiger partial charge in [0.1, 0.15) is 5.75 Å². The van der Waals surface area contributed by atoms with Gasteiger partial charge in [-0.05, 0) is 43.0 Å². The van der Waals surface area contributed by atoms with Crippen molar-refractivity contribution >= 4 is 11.6 Å². The zero-order valence-corrected chi connectivity index (χ0v) is 14.8. The molecule has 3 nitrogen and oxygen atoms in total. The highest BCUT2D eigenvalue weighted by Gasteiger charge is 2.07. The Balaban J connectivity index is 2.02. The molecular formula is C19H25ClN2O. The molecule has 0 saturated carbocycles. The van der Waals surface area contributed by atoms with Gasteiger partial charge in [0.15, 0.2) is 5.82 Å². The Morgan fingerprint density at radius 1 is 1.00 bits per heavy atom. The lowest BCUT2D eigenvalue weighted by atomic mass is 10.1. The second-order valence-electron chi connectivity index (χ2n) is 5.72. The lowest BCUT2D eigenvalue weighted by Crippen LogP contribution is -1.97. The van der Waals surface area contributed by atoms with Crippen molar-refractivity contribution in [2.24, 2.45) is 0 Å². The number of nitrogens with zero attached hydrogens (tertiary/aromatic N) is 2. The van der Waals surface area contributed by atoms with E-state index in [1.165, 1.54) is 24.8 Å². The van der Waals surface area contributed by atoms with Crippen LogP contribution in [0, 0.1) is 0 Å². The minimum atomic E-state index is 0.606. The van der Waals surface area contributed by atoms with Crippen molar-refractivity contribution in [1.29, 1.82) is 0 Å². The van der Waals surface area contributed by atoms with E-state index in [4.69, 9.17) is 16.3 Å². The Hall–Kier alpha value is -1.61. The molecule has 0 fully saturated rings. The van der Waals surface area contributed by atoms with Gasteiger partial charge < -0.3 is 4.74 Å². The quantitative estimate of drug-likeness (QED) is 0.552. The second-order valence-corrected chi connectivity index (χ2v) is 6.13. The fourth-order valence-corrected chi connectivity index (χ4v) is 2.53. The fourth-order valence-electron chi connectivity index (χ4n) is 2.30. The highest BCUT2D eigenvalue weighted by atomic mass is 35.5. The van der Waals surface area contributed by atoms with E-state index in [1.54, 1.807) is 0 Å². The summed E-state index contributed by atoms with van der Waals surface area (Å²) < 4.78 is 5.67. The minimum Gasteiger partial charge on any atom is -0.492 e. The number of halogens is 1. The maximum atomic E-state index is 6.29. The zero-order chi connectivity index (χ0) is 16.5. The molecule has 0 aliphatic heterocycles. The van der Waals surface area contributed by atoms with Gasteiger partial charge in [0.05, 0.1) is 11.6 Å². The van der Waals surface area contributed by atoms with E-state index in [-0.39, 0.29) is 0 Å². The van der Waals surface area contributed by atoms with Gasteiger partial charge in [0.25, 0.3) is 0 Å². The van der Waals surface area contributed by atoms with Crippen molar-refractivity contribution < 1.29 is 4.74 Å². The van der Waals surface area contributed by atoms with Crippen molar-refractivity contribution in [3.63, 3.8) is 0 Å². The predicted octanol–water partition coefficient (Wildman–Crippen LogP) is 5.71. The first kappa shape index (κ1) is 17.7. The fraction of sp³-hybridized carbons (Fsp3) is 0.474. The molecule has 1 heterocycles. The molecule has 124 valence electrons. The average molecular weight is 333 g/mol. The maximum Gasteiger partial charge on any atom is 0.159 e. The van der Waals surface area contributed by atoms with Gasteiger partial charge >= 0.3 is 0 Å². The van der Waals surface area contributed by atoms with E-state index in [1.807, 2.05) is 30.6 Å². The molecule has 1 aromatic heterocycles. The van der Waals surface area contributed by atoms with Gasteiger partial charge in [-0.3, -0.25) is 0 Å². The molecule has 1 aromatic carbocycles. The lowest BCUT2D eigenvalue weighted by molar-refractivity contribution is 0.309. The third-order valence-electron chi connectivity index (χ3n) is 3.72. The normalized spacial score (nSPS) is 10.7. The van der Waals surface area contributed by atoms with Crippen LogP contribution in [0.4, 0.5) is 0 Å². The van der Waals surface area contributed by atoms with Crippen LogP contribution in [0.3, 0.4) is 0 Å². The Labute approximate surface area is 144 Å². The third kappa shape index (κ3) is 5.51. The largest absolute Gasteiger partial charge is 0.492 e. The molecule has 23 heavy (non-hydrogen) atoms. The molecular weight excluding hydrogens is 308 g/mol. The van der Waals surface area contributed by atoms with Crippen molar-refractivity contribution in [1.82, 2.24) is 9.97 Å². The number of aryl methyl sites for hydroxylation is 1. The van der Waals surface area contributed by atoms with Crippen molar-refractivity contribution in [2.75, 3.05) is 6.61 Å². The number of hydrogen-bond donors (Lipinski definition) is 0. The molecule has 0 radical (unpaired) electrons. The third-order valence-corrected chi connectivity index (χ3v) is 4.02. The SMILES string of the molecule is CCCCCc1cnc(-c2ccc(OCCCC)c(Cl)c2)nc1. The van der Waals surface area contributed by atoms with Gasteiger partial charge in [-0.1, -0.05) is 44.7 Å². The summed E-state index contributed by atoms with van der Waals surface area (Å²) in [5.74, 6) is 1.42. The lowest BCUT2D eigenvalue weighted by Gasteiger charge is -2.09. The molecule has 0 atom stereocenters. The molecule has 2 rings (SSSR count). The van der Waals surface area contributed by atoms with E-state index in [2.05, 4.69) is 23.8 Å². The highest BCUT2D eigenvalue weighted by Crippen LogP contribution is 2.29. The maximum absolute atomic E-state index is 6.29.